The lowest BCUT2D eigenvalue weighted by Crippen LogP contribution is -2.18. The van der Waals surface area contributed by atoms with Crippen LogP contribution in [0, 0.1) is 0 Å². The van der Waals surface area contributed by atoms with E-state index in [1.54, 1.807) is 0 Å². The smallest absolute Gasteiger partial charge is 0.0547 e. The second kappa shape index (κ2) is 13.3. The summed E-state index contributed by atoms with van der Waals surface area (Å²) in [5.41, 5.74) is 25.5. The molecule has 0 spiro atoms. The van der Waals surface area contributed by atoms with Crippen molar-refractivity contribution in [3.63, 3.8) is 0 Å². The summed E-state index contributed by atoms with van der Waals surface area (Å²) in [6.45, 7) is 14.2. The van der Waals surface area contributed by atoms with Gasteiger partial charge in [0.05, 0.1) is 16.7 Å². The highest BCUT2D eigenvalue weighted by Gasteiger charge is 2.39. The van der Waals surface area contributed by atoms with Gasteiger partial charge in [-0.1, -0.05) is 181 Å². The molecule has 65 heavy (non-hydrogen) atoms. The van der Waals surface area contributed by atoms with Crippen LogP contribution in [-0.2, 0) is 16.2 Å². The first kappa shape index (κ1) is 38.1. The van der Waals surface area contributed by atoms with Crippen molar-refractivity contribution in [3.05, 3.63) is 228 Å². The van der Waals surface area contributed by atoms with E-state index in [0.29, 0.717) is 0 Å². The Morgan fingerprint density at radius 1 is 0.323 bits per heavy atom. The van der Waals surface area contributed by atoms with Gasteiger partial charge in [-0.2, -0.15) is 0 Å². The van der Waals surface area contributed by atoms with Crippen LogP contribution >= 0.6 is 0 Å². The van der Waals surface area contributed by atoms with Crippen LogP contribution in [0.4, 0.5) is 17.1 Å². The molecule has 0 saturated carbocycles. The van der Waals surface area contributed by atoms with Gasteiger partial charge in [0.1, 0.15) is 0 Å². The molecular formula is C63H50N2. The van der Waals surface area contributed by atoms with Crippen molar-refractivity contribution in [2.75, 3.05) is 4.90 Å². The molecule has 0 bridgehead atoms. The maximum atomic E-state index is 2.52. The molecule has 0 atom stereocenters. The van der Waals surface area contributed by atoms with E-state index in [-0.39, 0.29) is 16.2 Å². The highest BCUT2D eigenvalue weighted by molar-refractivity contribution is 6.11. The van der Waals surface area contributed by atoms with Crippen molar-refractivity contribution in [3.8, 4) is 50.2 Å². The molecule has 3 aliphatic rings. The lowest BCUT2D eigenvalue weighted by atomic mass is 9.82. The average molecular weight is 835 g/mol. The zero-order valence-corrected chi connectivity index (χ0v) is 37.9. The Balaban J connectivity index is 0.956. The standard InChI is InChI=1S/C63H50N2/c1-61(2)53-22-13-9-19-50(53)60-54(61)23-15-25-58(60)65-57-24-14-10-18-48(57)49-33-28-40(36-59(49)65)39-26-29-41(30-27-39)64(42-31-34-46-44-16-7-11-20-51(44)62(3,4)55(46)37-42)43-32-35-47-45-17-8-12-21-52(45)63(5,6)56(47)38-43/h7-38H,1-6H3. The Hall–Kier alpha value is -7.42. The SMILES string of the molecule is CC1(C)c2ccccc2-c2ccc(N(c3ccc(-c4ccc5c6ccccc6n(-c6cccc7c6-c6ccccc6C7(C)C)c5c4)cc3)c3ccc4c(c3)C(C)(C)c3ccccc3-4)cc21. The first-order valence-corrected chi connectivity index (χ1v) is 23.2. The largest absolute Gasteiger partial charge is 0.310 e. The summed E-state index contributed by atoms with van der Waals surface area (Å²) in [6, 6.07) is 73.2. The first-order valence-electron chi connectivity index (χ1n) is 23.2. The average Bonchev–Trinajstić information content (AvgIpc) is 3.95. The van der Waals surface area contributed by atoms with Gasteiger partial charge in [0.25, 0.3) is 0 Å². The van der Waals surface area contributed by atoms with Crippen LogP contribution in [0.3, 0.4) is 0 Å². The van der Waals surface area contributed by atoms with E-state index in [2.05, 4.69) is 245 Å². The zero-order valence-electron chi connectivity index (χ0n) is 37.9. The third-order valence-corrected chi connectivity index (χ3v) is 15.6. The molecule has 3 aliphatic carbocycles. The number of benzene rings is 9. The van der Waals surface area contributed by atoms with Crippen molar-refractivity contribution in [2.24, 2.45) is 0 Å². The topological polar surface area (TPSA) is 8.17 Å². The number of nitrogens with zero attached hydrogens (tertiary/aromatic N) is 2. The van der Waals surface area contributed by atoms with Crippen LogP contribution in [0.5, 0.6) is 0 Å². The number of rotatable bonds is 5. The van der Waals surface area contributed by atoms with E-state index in [9.17, 15) is 0 Å². The number of para-hydroxylation sites is 1. The summed E-state index contributed by atoms with van der Waals surface area (Å²) < 4.78 is 2.52. The summed E-state index contributed by atoms with van der Waals surface area (Å²) in [6.07, 6.45) is 0. The molecule has 9 aromatic carbocycles. The van der Waals surface area contributed by atoms with E-state index in [1.807, 2.05) is 0 Å². The maximum absolute atomic E-state index is 2.52. The third kappa shape index (κ3) is 5.23. The van der Waals surface area contributed by atoms with E-state index in [0.717, 1.165) is 17.1 Å². The fourth-order valence-corrected chi connectivity index (χ4v) is 12.2. The number of hydrogen-bond donors (Lipinski definition) is 0. The Kier molecular flexibility index (Phi) is 7.80. The molecule has 0 fully saturated rings. The highest BCUT2D eigenvalue weighted by Crippen LogP contribution is 2.54. The Bertz CT molecular complexity index is 3520. The van der Waals surface area contributed by atoms with E-state index < -0.39 is 0 Å². The van der Waals surface area contributed by atoms with Crippen LogP contribution in [-0.4, -0.2) is 4.57 Å². The lowest BCUT2D eigenvalue weighted by Gasteiger charge is -2.30. The molecule has 2 heteroatoms. The van der Waals surface area contributed by atoms with Crippen molar-refractivity contribution < 1.29 is 0 Å². The van der Waals surface area contributed by atoms with Gasteiger partial charge in [-0.05, 0) is 127 Å². The van der Waals surface area contributed by atoms with Crippen molar-refractivity contribution in [1.29, 1.82) is 0 Å². The van der Waals surface area contributed by atoms with Crippen LogP contribution in [0.2, 0.25) is 0 Å². The summed E-state index contributed by atoms with van der Waals surface area (Å²) in [7, 11) is 0. The predicted octanol–water partition coefficient (Wildman–Crippen LogP) is 16.8. The van der Waals surface area contributed by atoms with E-state index >= 15 is 0 Å². The lowest BCUT2D eigenvalue weighted by molar-refractivity contribution is 0.660. The minimum absolute atomic E-state index is 0.0799. The minimum Gasteiger partial charge on any atom is -0.310 e. The molecular weight excluding hydrogens is 785 g/mol. The summed E-state index contributed by atoms with van der Waals surface area (Å²) in [5.74, 6) is 0. The van der Waals surface area contributed by atoms with Gasteiger partial charge >= 0.3 is 0 Å². The van der Waals surface area contributed by atoms with Gasteiger partial charge in [-0.25, -0.2) is 0 Å². The van der Waals surface area contributed by atoms with Gasteiger partial charge in [0.2, 0.25) is 0 Å². The van der Waals surface area contributed by atoms with Crippen LogP contribution < -0.4 is 4.90 Å². The number of fused-ring (bicyclic) bond motifs is 12. The third-order valence-electron chi connectivity index (χ3n) is 15.6. The fourth-order valence-electron chi connectivity index (χ4n) is 12.2. The zero-order chi connectivity index (χ0) is 44.0. The Morgan fingerprint density at radius 3 is 1.42 bits per heavy atom. The van der Waals surface area contributed by atoms with Gasteiger partial charge < -0.3 is 9.47 Å². The number of aromatic nitrogens is 1. The maximum Gasteiger partial charge on any atom is 0.0547 e. The van der Waals surface area contributed by atoms with Gasteiger partial charge in [0.15, 0.2) is 0 Å². The first-order chi connectivity index (χ1) is 31.5. The summed E-state index contributed by atoms with van der Waals surface area (Å²) in [4.78, 5) is 2.47. The Morgan fingerprint density at radius 2 is 0.785 bits per heavy atom. The quantitative estimate of drug-likeness (QED) is 0.168. The van der Waals surface area contributed by atoms with E-state index in [1.165, 1.54) is 105 Å². The van der Waals surface area contributed by atoms with Gasteiger partial charge in [0, 0.05) is 49.6 Å². The molecule has 0 aliphatic heterocycles. The molecule has 1 aromatic heterocycles. The molecule has 10 aromatic rings. The molecule has 312 valence electrons. The van der Waals surface area contributed by atoms with Crippen LogP contribution in [0.25, 0.3) is 72.0 Å². The van der Waals surface area contributed by atoms with Crippen LogP contribution in [0.15, 0.2) is 194 Å². The molecule has 2 nitrogen and oxygen atoms in total. The molecule has 13 rings (SSSR count). The predicted molar refractivity (Wildman–Crippen MR) is 274 cm³/mol. The summed E-state index contributed by atoms with van der Waals surface area (Å²) >= 11 is 0. The molecule has 0 N–H and O–H groups in total. The fraction of sp³-hybridized carbons (Fsp3) is 0.143. The second-order valence-electron chi connectivity index (χ2n) is 20.1. The normalized spacial score (nSPS) is 15.3. The number of anilines is 3. The van der Waals surface area contributed by atoms with Crippen molar-refractivity contribution in [2.45, 2.75) is 57.8 Å². The highest BCUT2D eigenvalue weighted by atomic mass is 15.1. The molecule has 0 amide bonds. The molecule has 1 heterocycles. The summed E-state index contributed by atoms with van der Waals surface area (Å²) in [5, 5.41) is 2.53. The second-order valence-corrected chi connectivity index (χ2v) is 20.1. The molecule has 0 unspecified atom stereocenters. The van der Waals surface area contributed by atoms with Crippen molar-refractivity contribution in [1.82, 2.24) is 4.57 Å². The molecule has 0 radical (unpaired) electrons. The van der Waals surface area contributed by atoms with Crippen molar-refractivity contribution >= 4 is 38.9 Å². The Labute approximate surface area is 382 Å². The molecule has 0 saturated heterocycles. The monoisotopic (exact) mass is 834 g/mol. The van der Waals surface area contributed by atoms with Gasteiger partial charge in [-0.15, -0.1) is 0 Å². The minimum atomic E-state index is -0.112. The number of hydrogen-bond acceptors (Lipinski definition) is 1. The van der Waals surface area contributed by atoms with Gasteiger partial charge in [-0.3, -0.25) is 0 Å². The van der Waals surface area contributed by atoms with E-state index in [4.69, 9.17) is 0 Å². The van der Waals surface area contributed by atoms with Crippen LogP contribution in [0.1, 0.15) is 74.9 Å².